The average molecular weight is 316 g/mol. The van der Waals surface area contributed by atoms with Crippen molar-refractivity contribution in [1.29, 1.82) is 0 Å². The van der Waals surface area contributed by atoms with E-state index in [9.17, 15) is 9.90 Å². The zero-order valence-corrected chi connectivity index (χ0v) is 13.5. The third-order valence-corrected chi connectivity index (χ3v) is 4.93. The van der Waals surface area contributed by atoms with Crippen LogP contribution in [-0.4, -0.2) is 39.0 Å². The first-order valence-corrected chi connectivity index (χ1v) is 8.11. The van der Waals surface area contributed by atoms with Crippen molar-refractivity contribution in [2.24, 2.45) is 0 Å². The van der Waals surface area contributed by atoms with Crippen molar-refractivity contribution in [2.45, 2.75) is 38.1 Å². The van der Waals surface area contributed by atoms with Gasteiger partial charge in [0.2, 0.25) is 0 Å². The van der Waals surface area contributed by atoms with Gasteiger partial charge in [0.1, 0.15) is 11.4 Å². The van der Waals surface area contributed by atoms with Crippen molar-refractivity contribution in [3.8, 4) is 5.75 Å². The number of rotatable bonds is 2. The number of aromatic hydroxyl groups is 1. The second-order valence-corrected chi connectivity index (χ2v) is 6.26. The first-order chi connectivity index (χ1) is 10.6. The van der Waals surface area contributed by atoms with Gasteiger partial charge in [0.15, 0.2) is 5.11 Å². The monoisotopic (exact) mass is 316 g/mol. The fourth-order valence-corrected chi connectivity index (χ4v) is 3.53. The van der Waals surface area contributed by atoms with Crippen molar-refractivity contribution < 1.29 is 9.90 Å². The molecule has 1 aliphatic heterocycles. The van der Waals surface area contributed by atoms with Gasteiger partial charge in [-0.05, 0) is 37.2 Å². The summed E-state index contributed by atoms with van der Waals surface area (Å²) in [6.45, 7) is 0. The molecule has 0 spiro atoms. The van der Waals surface area contributed by atoms with Gasteiger partial charge in [-0.15, -0.1) is 0 Å². The van der Waals surface area contributed by atoms with E-state index < -0.39 is 0 Å². The number of thiocarbonyl (C=S) groups is 1. The number of hydrogen-bond acceptors (Lipinski definition) is 3. The zero-order chi connectivity index (χ0) is 15.7. The van der Waals surface area contributed by atoms with Crippen molar-refractivity contribution >= 4 is 29.3 Å². The Labute approximate surface area is 136 Å². The second kappa shape index (κ2) is 6.08. The summed E-state index contributed by atoms with van der Waals surface area (Å²) in [5.74, 6) is 0.112. The van der Waals surface area contributed by atoms with Gasteiger partial charge in [0.05, 0.1) is 0 Å². The Kier molecular flexibility index (Phi) is 4.16. The molecule has 0 radical (unpaired) electrons. The fourth-order valence-electron chi connectivity index (χ4n) is 3.20. The standard InChI is InChI=1S/C17H20N2O2S/c1-18-14(11-12-7-5-6-10-15(12)20)16(21)19(17(18)22)13-8-3-2-4-9-13/h5-7,10-11,13,20H,2-4,8-9H2,1H3. The van der Waals surface area contributed by atoms with Crippen LogP contribution in [0.4, 0.5) is 0 Å². The molecule has 0 unspecified atom stereocenters. The summed E-state index contributed by atoms with van der Waals surface area (Å²) in [6, 6.07) is 7.21. The SMILES string of the molecule is CN1C(=S)N(C2CCCCC2)C(=O)C1=Cc1ccccc1O. The molecule has 5 heteroatoms. The smallest absolute Gasteiger partial charge is 0.277 e. The maximum absolute atomic E-state index is 12.8. The van der Waals surface area contributed by atoms with Gasteiger partial charge in [-0.3, -0.25) is 9.69 Å². The Morgan fingerprint density at radius 3 is 2.59 bits per heavy atom. The van der Waals surface area contributed by atoms with Crippen LogP contribution in [0.2, 0.25) is 0 Å². The molecule has 4 nitrogen and oxygen atoms in total. The van der Waals surface area contributed by atoms with Crippen LogP contribution in [0.25, 0.3) is 6.08 Å². The Morgan fingerprint density at radius 1 is 1.23 bits per heavy atom. The molecule has 1 aromatic rings. The lowest BCUT2D eigenvalue weighted by atomic mass is 9.94. The number of phenols is 1. The quantitative estimate of drug-likeness (QED) is 0.672. The first-order valence-electron chi connectivity index (χ1n) is 7.70. The molecule has 1 saturated carbocycles. The van der Waals surface area contributed by atoms with Crippen LogP contribution in [0, 0.1) is 0 Å². The highest BCUT2D eigenvalue weighted by Gasteiger charge is 2.40. The average Bonchev–Trinajstić information content (AvgIpc) is 2.74. The van der Waals surface area contributed by atoms with E-state index in [2.05, 4.69) is 0 Å². The van der Waals surface area contributed by atoms with Crippen LogP contribution in [0.1, 0.15) is 37.7 Å². The summed E-state index contributed by atoms with van der Waals surface area (Å²) < 4.78 is 0. The molecule has 116 valence electrons. The van der Waals surface area contributed by atoms with Crippen molar-refractivity contribution in [3.63, 3.8) is 0 Å². The largest absolute Gasteiger partial charge is 0.507 e. The summed E-state index contributed by atoms with van der Waals surface area (Å²) in [5.41, 5.74) is 1.16. The van der Waals surface area contributed by atoms with Gasteiger partial charge >= 0.3 is 0 Å². The summed E-state index contributed by atoms with van der Waals surface area (Å²) in [7, 11) is 1.81. The number of likely N-dealkylation sites (N-methyl/N-ethyl adjacent to an activating group) is 1. The number of carbonyl (C=O) groups excluding carboxylic acids is 1. The first kappa shape index (κ1) is 15.0. The molecule has 1 heterocycles. The number of benzene rings is 1. The molecule has 1 aliphatic carbocycles. The van der Waals surface area contributed by atoms with E-state index in [1.54, 1.807) is 34.1 Å². The summed E-state index contributed by atoms with van der Waals surface area (Å²) in [4.78, 5) is 16.3. The Hall–Kier alpha value is -1.88. The Morgan fingerprint density at radius 2 is 1.91 bits per heavy atom. The summed E-state index contributed by atoms with van der Waals surface area (Å²) in [5, 5.41) is 10.5. The molecular formula is C17H20N2O2S. The van der Waals surface area contributed by atoms with Crippen LogP contribution in [-0.2, 0) is 4.79 Å². The third kappa shape index (κ3) is 2.61. The minimum Gasteiger partial charge on any atom is -0.507 e. The van der Waals surface area contributed by atoms with Crippen molar-refractivity contribution in [3.05, 3.63) is 35.5 Å². The molecule has 2 aliphatic rings. The van der Waals surface area contributed by atoms with Gasteiger partial charge in [0.25, 0.3) is 5.91 Å². The van der Waals surface area contributed by atoms with E-state index in [0.29, 0.717) is 16.4 Å². The number of carbonyl (C=O) groups is 1. The molecule has 22 heavy (non-hydrogen) atoms. The molecule has 2 fully saturated rings. The normalized spacial score (nSPS) is 22.0. The highest BCUT2D eigenvalue weighted by Crippen LogP contribution is 2.31. The van der Waals surface area contributed by atoms with Crippen molar-refractivity contribution in [1.82, 2.24) is 9.80 Å². The lowest BCUT2D eigenvalue weighted by molar-refractivity contribution is -0.124. The predicted octanol–water partition coefficient (Wildman–Crippen LogP) is 3.12. The highest BCUT2D eigenvalue weighted by molar-refractivity contribution is 7.80. The van der Waals surface area contributed by atoms with Crippen LogP contribution >= 0.6 is 12.2 Å². The number of phenolic OH excluding ortho intramolecular Hbond substituents is 1. The van der Waals surface area contributed by atoms with Crippen molar-refractivity contribution in [2.75, 3.05) is 7.05 Å². The van der Waals surface area contributed by atoms with E-state index in [1.807, 2.05) is 13.1 Å². The zero-order valence-electron chi connectivity index (χ0n) is 12.7. The summed E-state index contributed by atoms with van der Waals surface area (Å²) >= 11 is 5.47. The molecule has 0 atom stereocenters. The summed E-state index contributed by atoms with van der Waals surface area (Å²) in [6.07, 6.45) is 7.29. The predicted molar refractivity (Wildman–Crippen MR) is 90.2 cm³/mol. The molecule has 1 saturated heterocycles. The molecule has 1 aromatic carbocycles. The van der Waals surface area contributed by atoms with E-state index in [-0.39, 0.29) is 17.7 Å². The van der Waals surface area contributed by atoms with Crippen LogP contribution in [0.15, 0.2) is 30.0 Å². The maximum atomic E-state index is 12.8. The molecule has 0 aromatic heterocycles. The highest BCUT2D eigenvalue weighted by atomic mass is 32.1. The number of amides is 1. The van der Waals surface area contributed by atoms with E-state index >= 15 is 0 Å². The van der Waals surface area contributed by atoms with E-state index in [1.165, 1.54) is 6.42 Å². The molecule has 1 amide bonds. The molecule has 3 rings (SSSR count). The topological polar surface area (TPSA) is 43.8 Å². The Bertz CT molecular complexity index is 635. The minimum absolute atomic E-state index is 0.0531. The van der Waals surface area contributed by atoms with Gasteiger partial charge in [-0.1, -0.05) is 37.5 Å². The number of nitrogens with zero attached hydrogens (tertiary/aromatic N) is 2. The van der Waals surface area contributed by atoms with Gasteiger partial charge in [0, 0.05) is 18.7 Å². The molecular weight excluding hydrogens is 296 g/mol. The third-order valence-electron chi connectivity index (χ3n) is 4.46. The van der Waals surface area contributed by atoms with E-state index in [0.717, 1.165) is 25.7 Å². The Balaban J connectivity index is 1.91. The van der Waals surface area contributed by atoms with Gasteiger partial charge < -0.3 is 10.0 Å². The molecule has 1 N–H and O–H groups in total. The maximum Gasteiger partial charge on any atom is 0.277 e. The number of hydrogen-bond donors (Lipinski definition) is 1. The van der Waals surface area contributed by atoms with Gasteiger partial charge in [-0.25, -0.2) is 0 Å². The fraction of sp³-hybridized carbons (Fsp3) is 0.412. The second-order valence-electron chi connectivity index (χ2n) is 5.90. The van der Waals surface area contributed by atoms with Crippen LogP contribution in [0.5, 0.6) is 5.75 Å². The minimum atomic E-state index is -0.0531. The lowest BCUT2D eigenvalue weighted by Crippen LogP contribution is -2.41. The number of para-hydroxylation sites is 1. The molecule has 0 bridgehead atoms. The van der Waals surface area contributed by atoms with E-state index in [4.69, 9.17) is 12.2 Å². The van der Waals surface area contributed by atoms with Crippen LogP contribution < -0.4 is 0 Å². The van der Waals surface area contributed by atoms with Crippen LogP contribution in [0.3, 0.4) is 0 Å². The van der Waals surface area contributed by atoms with Gasteiger partial charge in [-0.2, -0.15) is 0 Å². The lowest BCUT2D eigenvalue weighted by Gasteiger charge is -2.30.